The number of aldehydes is 1. The number of hydrogen-bond acceptors (Lipinski definition) is 27. The first-order valence-corrected chi connectivity index (χ1v) is 30.6. The van der Waals surface area contributed by atoms with Gasteiger partial charge in [0.15, 0.2) is 31.5 Å². The molecule has 6 aliphatic heterocycles. The van der Waals surface area contributed by atoms with Crippen LogP contribution >= 0.6 is 0 Å². The van der Waals surface area contributed by atoms with Crippen LogP contribution in [0.1, 0.15) is 106 Å². The second-order valence-corrected chi connectivity index (χ2v) is 28.6. The Morgan fingerprint density at radius 3 is 1.65 bits per heavy atom. The first-order valence-electron chi connectivity index (χ1n) is 30.6. The minimum atomic E-state index is -2.02. The molecule has 0 amide bonds. The van der Waals surface area contributed by atoms with Crippen molar-refractivity contribution in [1.82, 2.24) is 0 Å². The molecule has 27 nitrogen and oxygen atoms in total. The Kier molecular flexibility index (Phi) is 18.1. The first-order chi connectivity index (χ1) is 40.0. The number of fused-ring (bicyclic) bond motifs is 4. The van der Waals surface area contributed by atoms with E-state index < -0.39 is 214 Å². The van der Waals surface area contributed by atoms with Gasteiger partial charge < -0.3 is 133 Å². The Hall–Kier alpha value is -1.37. The maximum atomic E-state index is 12.7. The highest BCUT2D eigenvalue weighted by atomic mass is 16.8. The smallest absolute Gasteiger partial charge is 0.187 e. The number of rotatable bonds is 14. The third-order valence-electron chi connectivity index (χ3n) is 24.1. The molecule has 6 saturated heterocycles. The molecular formula is C58H94O27. The van der Waals surface area contributed by atoms with E-state index in [9.17, 15) is 81.4 Å². The van der Waals surface area contributed by atoms with Crippen LogP contribution in [0.25, 0.3) is 0 Å². The molecule has 27 heteroatoms. The van der Waals surface area contributed by atoms with E-state index in [1.54, 1.807) is 0 Å². The summed E-state index contributed by atoms with van der Waals surface area (Å²) < 4.78 is 68.5. The lowest BCUT2D eigenvalue weighted by Gasteiger charge is -2.75. The molecule has 488 valence electrons. The number of carbonyl (C=O) groups is 1. The van der Waals surface area contributed by atoms with Gasteiger partial charge in [0.2, 0.25) is 0 Å². The van der Waals surface area contributed by atoms with E-state index in [0.29, 0.717) is 38.7 Å². The van der Waals surface area contributed by atoms with Crippen molar-refractivity contribution in [3.63, 3.8) is 0 Å². The van der Waals surface area contributed by atoms with Gasteiger partial charge in [0.05, 0.1) is 57.5 Å². The average Bonchev–Trinajstić information content (AvgIpc) is 1.63. The van der Waals surface area contributed by atoms with E-state index in [1.807, 2.05) is 6.92 Å². The minimum absolute atomic E-state index is 0.0296. The van der Waals surface area contributed by atoms with Crippen LogP contribution in [0.5, 0.6) is 0 Å². The summed E-state index contributed by atoms with van der Waals surface area (Å²) in [5, 5.41) is 165. The maximum absolute atomic E-state index is 12.7. The molecule has 0 aromatic heterocycles. The van der Waals surface area contributed by atoms with Gasteiger partial charge in [0.25, 0.3) is 0 Å². The van der Waals surface area contributed by atoms with Gasteiger partial charge in [-0.15, -0.1) is 0 Å². The molecule has 0 aromatic rings. The predicted octanol–water partition coefficient (Wildman–Crippen LogP) is -4.07. The second-order valence-electron chi connectivity index (χ2n) is 28.6. The molecule has 11 aliphatic rings. The minimum Gasteiger partial charge on any atom is -0.394 e. The lowest BCUT2D eigenvalue weighted by Crippen LogP contribution is -2.74. The van der Waals surface area contributed by atoms with E-state index in [1.165, 1.54) is 0 Å². The average molecular weight is 1220 g/mol. The summed E-state index contributed by atoms with van der Waals surface area (Å²) in [6, 6.07) is 0. The van der Waals surface area contributed by atoms with Crippen LogP contribution in [0.2, 0.25) is 0 Å². The van der Waals surface area contributed by atoms with Crippen LogP contribution in [-0.2, 0) is 56.9 Å². The molecule has 11 rings (SSSR count). The fourth-order valence-electron chi connectivity index (χ4n) is 18.9. The van der Waals surface area contributed by atoms with Crippen LogP contribution in [-0.4, -0.2) is 282 Å². The molecule has 85 heavy (non-hydrogen) atoms. The van der Waals surface area contributed by atoms with E-state index >= 15 is 0 Å². The van der Waals surface area contributed by atoms with Crippen molar-refractivity contribution in [2.75, 3.05) is 39.6 Å². The third-order valence-corrected chi connectivity index (χ3v) is 24.1. The zero-order chi connectivity index (χ0) is 61.5. The largest absolute Gasteiger partial charge is 0.394 e. The summed E-state index contributed by atoms with van der Waals surface area (Å²) in [5.74, 6) is 0.263. The van der Waals surface area contributed by atoms with Crippen LogP contribution in [0.3, 0.4) is 0 Å². The highest BCUT2D eigenvalue weighted by molar-refractivity contribution is 5.59. The van der Waals surface area contributed by atoms with Gasteiger partial charge in [-0.25, -0.2) is 0 Å². The number of aliphatic hydroxyl groups excluding tert-OH is 15. The van der Waals surface area contributed by atoms with Crippen molar-refractivity contribution in [3.8, 4) is 0 Å². The van der Waals surface area contributed by atoms with Crippen LogP contribution in [0.4, 0.5) is 0 Å². The topological polar surface area (TPSA) is 422 Å². The van der Waals surface area contributed by atoms with Crippen molar-refractivity contribution < 1.29 is 133 Å². The van der Waals surface area contributed by atoms with E-state index in [2.05, 4.69) is 34.6 Å². The molecule has 0 aromatic carbocycles. The molecular weight excluding hydrogens is 1130 g/mol. The molecule has 5 aliphatic carbocycles. The molecule has 2 bridgehead atoms. The Bertz CT molecular complexity index is 2340. The standard InChI is InChI=1S/C58H94O27/c1-52(2)29-7-11-55(5)30(8-12-58-31-15-53(3,22-62)13-14-57(31,23-77-58)32(64)16-56(55,58)6)54(29,4)10-9-33(52)82-49-44(85-51-46(41(72)37(68)27(19-61)80-51)84-48-43(74)39(70)35(66)25(17-59)78-48)38(69)28(21-76-49)81-50-45(40(71)36(67)26(18-60)79-50)83-47-42(73)34(65)24(63)20-75-47/h22,24-51,59-61,63-74H,7-21,23H2,1-6H3/t24-,25-,26-,27-,28+,29-,30+,31-,32-,33+,34+,35-,36-,37-,38+,39+,40+,41+,42-,43-,44-,45-,46-,47+,48+,49+,50+,51+,53+,54+,55+,56+,57-,58+/m1/s1. The Balaban J connectivity index is 0.885. The highest BCUT2D eigenvalue weighted by Crippen LogP contribution is 2.80. The van der Waals surface area contributed by atoms with E-state index in [4.69, 9.17) is 52.1 Å². The van der Waals surface area contributed by atoms with E-state index in [0.717, 1.165) is 38.4 Å². The summed E-state index contributed by atoms with van der Waals surface area (Å²) >= 11 is 0. The van der Waals surface area contributed by atoms with Gasteiger partial charge in [-0.05, 0) is 98.2 Å². The fourth-order valence-corrected chi connectivity index (χ4v) is 18.9. The van der Waals surface area contributed by atoms with Gasteiger partial charge in [-0.3, -0.25) is 0 Å². The van der Waals surface area contributed by atoms with Crippen LogP contribution in [0, 0.1) is 50.2 Å². The quantitative estimate of drug-likeness (QED) is 0.0581. The summed E-state index contributed by atoms with van der Waals surface area (Å²) in [5.41, 5.74) is -2.99. The SMILES string of the molecule is CC1(C)[C@@H](O[C@@H]2OC[C@H](O[C@@H]3O[C@H](CO)[C@@H](O)[C@H](O)[C@H]3O[C@@H]3OC[C@@H](O)[C@H](O)[C@H]3O)[C@H](O)[C@H]2O[C@@H]2O[C@H](CO)[C@@H](O)[C@H](O)[C@H]2O[C@@H]2O[C@H](CO)[C@@H](O)[C@H](O)[C@H]2O)CC[C@@]2(C)[C@@H]1CC[C@@]1(C)[C@H]2CC[C@]23OC[C@@]4(CC[C@](C)(C=O)C[C@H]42)[C@H](O)C[C@@]13C. The van der Waals surface area contributed by atoms with Gasteiger partial charge in [-0.2, -0.15) is 0 Å². The zero-order valence-electron chi connectivity index (χ0n) is 49.2. The lowest BCUT2D eigenvalue weighted by molar-refractivity contribution is -0.403. The molecule has 1 spiro atoms. The molecule has 15 N–H and O–H groups in total. The number of ether oxygens (including phenoxy) is 11. The van der Waals surface area contributed by atoms with Gasteiger partial charge in [-0.1, -0.05) is 41.5 Å². The molecule has 6 heterocycles. The molecule has 34 atom stereocenters. The lowest BCUT2D eigenvalue weighted by atomic mass is 9.30. The third kappa shape index (κ3) is 10.2. The number of carbonyl (C=O) groups excluding carboxylic acids is 1. The number of aliphatic hydroxyl groups is 15. The fraction of sp³-hybridized carbons (Fsp3) is 0.983. The van der Waals surface area contributed by atoms with E-state index in [-0.39, 0.29) is 28.6 Å². The normalized spacial score (nSPS) is 57.6. The molecule has 11 fully saturated rings. The van der Waals surface area contributed by atoms with Gasteiger partial charge >= 0.3 is 0 Å². The van der Waals surface area contributed by atoms with Gasteiger partial charge in [0, 0.05) is 16.2 Å². The highest BCUT2D eigenvalue weighted by Gasteiger charge is 2.80. The summed E-state index contributed by atoms with van der Waals surface area (Å²) in [7, 11) is 0. The van der Waals surface area contributed by atoms with Crippen molar-refractivity contribution in [1.29, 1.82) is 0 Å². The molecule has 0 unspecified atom stereocenters. The first kappa shape index (κ1) is 65.1. The van der Waals surface area contributed by atoms with Crippen molar-refractivity contribution >= 4 is 6.29 Å². The summed E-state index contributed by atoms with van der Waals surface area (Å²) in [6.45, 7) is 10.3. The Labute approximate surface area is 493 Å². The van der Waals surface area contributed by atoms with Crippen LogP contribution < -0.4 is 0 Å². The molecule has 5 saturated carbocycles. The zero-order valence-corrected chi connectivity index (χ0v) is 49.2. The van der Waals surface area contributed by atoms with Gasteiger partial charge in [0.1, 0.15) is 116 Å². The summed E-state index contributed by atoms with van der Waals surface area (Å²) in [4.78, 5) is 12.7. The number of hydrogen-bond donors (Lipinski definition) is 15. The predicted molar refractivity (Wildman–Crippen MR) is 283 cm³/mol. The summed E-state index contributed by atoms with van der Waals surface area (Å²) in [6.07, 6.45) is -33.9. The Morgan fingerprint density at radius 2 is 1.02 bits per heavy atom. The maximum Gasteiger partial charge on any atom is 0.187 e. The second kappa shape index (κ2) is 23.6. The van der Waals surface area contributed by atoms with Crippen molar-refractivity contribution in [2.45, 2.75) is 265 Å². The van der Waals surface area contributed by atoms with Crippen molar-refractivity contribution in [2.24, 2.45) is 50.2 Å². The van der Waals surface area contributed by atoms with Crippen molar-refractivity contribution in [3.05, 3.63) is 0 Å². The monoisotopic (exact) mass is 1220 g/mol. The Morgan fingerprint density at radius 1 is 0.482 bits per heavy atom. The van der Waals surface area contributed by atoms with Crippen LogP contribution in [0.15, 0.2) is 0 Å². The molecule has 0 radical (unpaired) electrons.